The SMILES string of the molecule is NC(=N/C(=C\Cc1cccc2c1oc1ccccc12)c1ccc(-c2ccc(-c3ccc4c5ccccc5n(-c5ccccc5)c4c3)cc2)c2ccccc12)c1ccccc1. The Kier molecular flexibility index (Phi) is 8.67. The summed E-state index contributed by atoms with van der Waals surface area (Å²) < 4.78 is 8.78. The van der Waals surface area contributed by atoms with Crippen LogP contribution >= 0.6 is 0 Å². The smallest absolute Gasteiger partial charge is 0.138 e. The van der Waals surface area contributed by atoms with Gasteiger partial charge in [0.15, 0.2) is 0 Å². The molecule has 2 aromatic heterocycles. The molecule has 11 rings (SSSR count). The van der Waals surface area contributed by atoms with Crippen molar-refractivity contribution in [2.45, 2.75) is 6.42 Å². The van der Waals surface area contributed by atoms with E-state index >= 15 is 0 Å². The zero-order chi connectivity index (χ0) is 40.0. The largest absolute Gasteiger partial charge is 0.456 e. The minimum atomic E-state index is 0.467. The fraction of sp³-hybridized carbons (Fsp3) is 0.0179. The van der Waals surface area contributed by atoms with Crippen molar-refractivity contribution < 1.29 is 4.42 Å². The molecular formula is C56H39N3O. The predicted molar refractivity (Wildman–Crippen MR) is 252 cm³/mol. The van der Waals surface area contributed by atoms with Crippen molar-refractivity contribution in [1.82, 2.24) is 4.57 Å². The molecule has 0 atom stereocenters. The van der Waals surface area contributed by atoms with Gasteiger partial charge in [0.05, 0.1) is 16.7 Å². The van der Waals surface area contributed by atoms with Gasteiger partial charge in [-0.3, -0.25) is 0 Å². The van der Waals surface area contributed by atoms with Gasteiger partial charge in [0.1, 0.15) is 17.0 Å². The third-order valence-electron chi connectivity index (χ3n) is 11.7. The lowest BCUT2D eigenvalue weighted by Gasteiger charge is -2.14. The summed E-state index contributed by atoms with van der Waals surface area (Å²) in [5.74, 6) is 0.467. The Morgan fingerprint density at radius 1 is 0.500 bits per heavy atom. The Morgan fingerprint density at radius 3 is 1.95 bits per heavy atom. The number of nitrogens with two attached hydrogens (primary N) is 1. The number of amidine groups is 1. The normalized spacial score (nSPS) is 12.3. The van der Waals surface area contributed by atoms with E-state index in [1.54, 1.807) is 0 Å². The van der Waals surface area contributed by atoms with E-state index in [1.165, 1.54) is 32.9 Å². The molecule has 0 fully saturated rings. The molecule has 0 radical (unpaired) electrons. The molecule has 4 heteroatoms. The van der Waals surface area contributed by atoms with Crippen molar-refractivity contribution in [2.24, 2.45) is 10.7 Å². The summed E-state index contributed by atoms with van der Waals surface area (Å²) in [7, 11) is 0. The molecule has 9 aromatic carbocycles. The topological polar surface area (TPSA) is 56.4 Å². The van der Waals surface area contributed by atoms with Crippen LogP contribution in [0.2, 0.25) is 0 Å². The second-order valence-corrected chi connectivity index (χ2v) is 15.3. The van der Waals surface area contributed by atoms with Gasteiger partial charge in [0.25, 0.3) is 0 Å². The van der Waals surface area contributed by atoms with E-state index in [4.69, 9.17) is 15.1 Å². The molecule has 60 heavy (non-hydrogen) atoms. The molecule has 0 aliphatic heterocycles. The van der Waals surface area contributed by atoms with Crippen LogP contribution in [0.5, 0.6) is 0 Å². The quantitative estimate of drug-likeness (QED) is 0.124. The van der Waals surface area contributed by atoms with Crippen LogP contribution in [0, 0.1) is 0 Å². The number of aromatic nitrogens is 1. The lowest BCUT2D eigenvalue weighted by atomic mass is 9.92. The van der Waals surface area contributed by atoms with E-state index in [0.29, 0.717) is 12.3 Å². The summed E-state index contributed by atoms with van der Waals surface area (Å²) in [5, 5.41) is 6.99. The standard InChI is InChI=1S/C56H39N3O/c57-56(40-14-3-1-4-15-40)58-51(35-31-39-16-13-23-50-49-22-10-12-25-54(49)60-55(39)50)46-34-33-43(44-19-7-8-20-45(44)46)38-28-26-37(27-29-38)41-30-32-48-47-21-9-11-24-52(47)59(53(48)36-41)42-17-5-2-6-18-42/h1-30,32-36H,31H2,(H2,57,58)/b51-35-. The molecular weight excluding hydrogens is 731 g/mol. The fourth-order valence-electron chi connectivity index (χ4n) is 8.81. The average molecular weight is 770 g/mol. The third kappa shape index (κ3) is 6.14. The average Bonchev–Trinajstić information content (AvgIpc) is 3.87. The van der Waals surface area contributed by atoms with Crippen LogP contribution in [0.4, 0.5) is 0 Å². The van der Waals surface area contributed by atoms with Crippen LogP contribution in [0.3, 0.4) is 0 Å². The first kappa shape index (κ1) is 35.2. The highest BCUT2D eigenvalue weighted by atomic mass is 16.3. The van der Waals surface area contributed by atoms with Crippen molar-refractivity contribution in [3.05, 3.63) is 229 Å². The van der Waals surface area contributed by atoms with Crippen LogP contribution in [-0.4, -0.2) is 10.4 Å². The molecule has 2 heterocycles. The van der Waals surface area contributed by atoms with E-state index in [1.807, 2.05) is 42.5 Å². The number of nitrogens with zero attached hydrogens (tertiary/aromatic N) is 2. The van der Waals surface area contributed by atoms with Crippen molar-refractivity contribution in [3.8, 4) is 27.9 Å². The van der Waals surface area contributed by atoms with Gasteiger partial charge in [-0.25, -0.2) is 4.99 Å². The number of benzene rings is 9. The van der Waals surface area contributed by atoms with Crippen molar-refractivity contribution in [2.75, 3.05) is 0 Å². The molecule has 4 nitrogen and oxygen atoms in total. The molecule has 0 amide bonds. The van der Waals surface area contributed by atoms with E-state index < -0.39 is 0 Å². The lowest BCUT2D eigenvalue weighted by Crippen LogP contribution is -2.13. The Hall–Kier alpha value is -7.95. The van der Waals surface area contributed by atoms with Gasteiger partial charge in [-0.15, -0.1) is 0 Å². The summed E-state index contributed by atoms with van der Waals surface area (Å²) in [6.07, 6.45) is 2.80. The highest BCUT2D eigenvalue weighted by Crippen LogP contribution is 2.38. The Labute approximate surface area is 347 Å². The lowest BCUT2D eigenvalue weighted by molar-refractivity contribution is 0.664. The number of hydrogen-bond acceptors (Lipinski definition) is 2. The maximum atomic E-state index is 6.75. The number of para-hydroxylation sites is 4. The first-order valence-electron chi connectivity index (χ1n) is 20.4. The van der Waals surface area contributed by atoms with Gasteiger partial charge in [-0.1, -0.05) is 182 Å². The maximum Gasteiger partial charge on any atom is 0.138 e. The van der Waals surface area contributed by atoms with E-state index in [2.05, 4.69) is 174 Å². The number of fused-ring (bicyclic) bond motifs is 7. The van der Waals surface area contributed by atoms with Crippen LogP contribution in [-0.2, 0) is 6.42 Å². The zero-order valence-electron chi connectivity index (χ0n) is 32.8. The van der Waals surface area contributed by atoms with Crippen molar-refractivity contribution in [1.29, 1.82) is 0 Å². The second kappa shape index (κ2) is 14.8. The summed E-state index contributed by atoms with van der Waals surface area (Å²) >= 11 is 0. The highest BCUT2D eigenvalue weighted by molar-refractivity contribution is 6.11. The number of rotatable bonds is 8. The van der Waals surface area contributed by atoms with Crippen LogP contribution in [0.1, 0.15) is 16.7 Å². The first-order chi connectivity index (χ1) is 29.7. The monoisotopic (exact) mass is 769 g/mol. The molecule has 0 aliphatic carbocycles. The molecule has 0 bridgehead atoms. The van der Waals surface area contributed by atoms with E-state index in [9.17, 15) is 0 Å². The van der Waals surface area contributed by atoms with Gasteiger partial charge in [-0.2, -0.15) is 0 Å². The van der Waals surface area contributed by atoms with Gasteiger partial charge in [-0.05, 0) is 75.3 Å². The van der Waals surface area contributed by atoms with Gasteiger partial charge in [0.2, 0.25) is 0 Å². The molecule has 0 saturated heterocycles. The Bertz CT molecular complexity index is 3450. The summed E-state index contributed by atoms with van der Waals surface area (Å²) in [6.45, 7) is 0. The number of hydrogen-bond donors (Lipinski definition) is 1. The molecule has 11 aromatic rings. The van der Waals surface area contributed by atoms with E-state index in [-0.39, 0.29) is 0 Å². The Morgan fingerprint density at radius 2 is 1.13 bits per heavy atom. The highest BCUT2D eigenvalue weighted by Gasteiger charge is 2.16. The molecule has 0 saturated carbocycles. The van der Waals surface area contributed by atoms with Crippen molar-refractivity contribution >= 4 is 66.0 Å². The maximum absolute atomic E-state index is 6.75. The predicted octanol–water partition coefficient (Wildman–Crippen LogP) is 14.2. The van der Waals surface area contributed by atoms with Gasteiger partial charge in [0, 0.05) is 38.4 Å². The minimum Gasteiger partial charge on any atom is -0.456 e. The summed E-state index contributed by atoms with van der Waals surface area (Å²) in [6, 6.07) is 72.6. The molecule has 2 N–H and O–H groups in total. The molecule has 0 unspecified atom stereocenters. The number of aliphatic imine (C=N–C) groups is 1. The van der Waals surface area contributed by atoms with Crippen LogP contribution < -0.4 is 5.73 Å². The summed E-state index contributed by atoms with van der Waals surface area (Å²) in [5.41, 5.74) is 20.5. The zero-order valence-corrected chi connectivity index (χ0v) is 32.8. The molecule has 0 spiro atoms. The first-order valence-corrected chi connectivity index (χ1v) is 20.4. The van der Waals surface area contributed by atoms with Gasteiger partial charge < -0.3 is 14.7 Å². The van der Waals surface area contributed by atoms with Crippen molar-refractivity contribution in [3.63, 3.8) is 0 Å². The van der Waals surface area contributed by atoms with Crippen LogP contribution in [0.25, 0.3) is 88.2 Å². The van der Waals surface area contributed by atoms with Crippen LogP contribution in [0.15, 0.2) is 222 Å². The Balaban J connectivity index is 0.986. The molecule has 0 aliphatic rings. The van der Waals surface area contributed by atoms with E-state index in [0.717, 1.165) is 71.9 Å². The fourth-order valence-corrected chi connectivity index (χ4v) is 8.81. The number of furan rings is 1. The minimum absolute atomic E-state index is 0.467. The summed E-state index contributed by atoms with van der Waals surface area (Å²) in [4.78, 5) is 5.14. The van der Waals surface area contributed by atoms with Gasteiger partial charge >= 0.3 is 0 Å². The molecule has 284 valence electrons. The number of allylic oxidation sites excluding steroid dienone is 1. The third-order valence-corrected chi connectivity index (χ3v) is 11.7. The second-order valence-electron chi connectivity index (χ2n) is 15.3.